The zero-order chi connectivity index (χ0) is 24.3. The number of halogens is 2. The highest BCUT2D eigenvalue weighted by Crippen LogP contribution is 2.35. The lowest BCUT2D eigenvalue weighted by Crippen LogP contribution is -2.41. The molecule has 6 rings (SSSR count). The van der Waals surface area contributed by atoms with Gasteiger partial charge in [-0.3, -0.25) is 9.48 Å². The Morgan fingerprint density at radius 1 is 1.31 bits per heavy atom. The predicted octanol–water partition coefficient (Wildman–Crippen LogP) is 2.87. The fourth-order valence-corrected chi connectivity index (χ4v) is 4.42. The molecule has 0 saturated carbocycles. The average molecular weight is 479 g/mol. The Morgan fingerprint density at radius 3 is 2.94 bits per heavy atom. The van der Waals surface area contributed by atoms with Crippen molar-refractivity contribution in [3.8, 4) is 11.5 Å². The third kappa shape index (κ3) is 3.30. The van der Waals surface area contributed by atoms with Gasteiger partial charge < -0.3 is 14.3 Å². The van der Waals surface area contributed by atoms with Crippen LogP contribution in [0.4, 0.5) is 8.78 Å². The van der Waals surface area contributed by atoms with Crippen molar-refractivity contribution in [2.45, 2.75) is 25.8 Å². The maximum Gasteiger partial charge on any atom is 0.312 e. The standard InChI is InChI=1S/C22H19F2N9O2/c1-11-13(9-27-31(11)2)20-28-29-21(35-20)22(34)32-7-5-14-17(26-10-25-14)18(32)15-8-16-12(19(23)24)4-3-6-33(16)30-15/h3-4,6,8-10,18-19H,5,7H2,1-2H3,(H,25,26)/t18-/m0/s1. The Balaban J connectivity index is 1.41. The largest absolute Gasteiger partial charge is 0.412 e. The molecule has 1 aliphatic rings. The van der Waals surface area contributed by atoms with E-state index in [9.17, 15) is 13.6 Å². The number of hydrogen-bond acceptors (Lipinski definition) is 7. The first kappa shape index (κ1) is 21.1. The predicted molar refractivity (Wildman–Crippen MR) is 117 cm³/mol. The van der Waals surface area contributed by atoms with Crippen molar-refractivity contribution < 1.29 is 18.0 Å². The normalized spacial score (nSPS) is 15.8. The van der Waals surface area contributed by atoms with Gasteiger partial charge in [0.2, 0.25) is 0 Å². The molecule has 0 aromatic carbocycles. The molecule has 0 aliphatic carbocycles. The van der Waals surface area contributed by atoms with Gasteiger partial charge in [0, 0.05) is 43.2 Å². The fourth-order valence-electron chi connectivity index (χ4n) is 4.42. The van der Waals surface area contributed by atoms with E-state index in [2.05, 4.69) is 30.4 Å². The minimum absolute atomic E-state index is 0.143. The van der Waals surface area contributed by atoms with Crippen molar-refractivity contribution in [3.63, 3.8) is 0 Å². The maximum absolute atomic E-state index is 13.6. The molecule has 1 N–H and O–H groups in total. The number of nitrogens with zero attached hydrogens (tertiary/aromatic N) is 8. The first-order valence-corrected chi connectivity index (χ1v) is 10.8. The Bertz CT molecular complexity index is 1560. The van der Waals surface area contributed by atoms with Crippen LogP contribution in [-0.4, -0.2) is 56.9 Å². The van der Waals surface area contributed by atoms with Crippen LogP contribution in [0.15, 0.2) is 41.3 Å². The van der Waals surface area contributed by atoms with Crippen molar-refractivity contribution >= 4 is 11.4 Å². The molecule has 1 atom stereocenters. The van der Waals surface area contributed by atoms with Crippen molar-refractivity contribution in [1.29, 1.82) is 0 Å². The maximum atomic E-state index is 13.6. The molecule has 0 spiro atoms. The third-order valence-electron chi connectivity index (χ3n) is 6.33. The number of nitrogens with one attached hydrogen (secondary N) is 1. The van der Waals surface area contributed by atoms with Gasteiger partial charge in [-0.1, -0.05) is 0 Å². The molecule has 0 fully saturated rings. The number of rotatable bonds is 4. The average Bonchev–Trinajstić information content (AvgIpc) is 3.64. The first-order chi connectivity index (χ1) is 16.9. The summed E-state index contributed by atoms with van der Waals surface area (Å²) in [6.45, 7) is 2.17. The molecule has 35 heavy (non-hydrogen) atoms. The lowest BCUT2D eigenvalue weighted by molar-refractivity contribution is 0.0646. The summed E-state index contributed by atoms with van der Waals surface area (Å²) in [7, 11) is 1.79. The molecule has 6 heterocycles. The van der Waals surface area contributed by atoms with E-state index < -0.39 is 18.4 Å². The molecule has 5 aromatic rings. The third-order valence-corrected chi connectivity index (χ3v) is 6.33. The van der Waals surface area contributed by atoms with Gasteiger partial charge in [0.25, 0.3) is 12.3 Å². The molecule has 0 saturated heterocycles. The quantitative estimate of drug-likeness (QED) is 0.420. The van der Waals surface area contributed by atoms with E-state index in [-0.39, 0.29) is 22.9 Å². The SMILES string of the molecule is Cc1c(-c2nnc(C(=O)N3CCc4[nH]cnc4[C@@H]3c3cc4c(C(F)F)cccn4n3)o2)cnn1C. The summed E-state index contributed by atoms with van der Waals surface area (Å²) >= 11 is 0. The Hall–Kier alpha value is -4.42. The van der Waals surface area contributed by atoms with Gasteiger partial charge in [0.1, 0.15) is 6.04 Å². The summed E-state index contributed by atoms with van der Waals surface area (Å²) < 4.78 is 35.9. The Kier molecular flexibility index (Phi) is 4.72. The first-order valence-electron chi connectivity index (χ1n) is 10.8. The van der Waals surface area contributed by atoms with Gasteiger partial charge in [-0.15, -0.1) is 10.2 Å². The number of aryl methyl sites for hydroxylation is 1. The van der Waals surface area contributed by atoms with E-state index in [1.807, 2.05) is 6.92 Å². The Labute approximate surface area is 196 Å². The highest BCUT2D eigenvalue weighted by molar-refractivity contribution is 5.90. The number of hydrogen-bond donors (Lipinski definition) is 1. The van der Waals surface area contributed by atoms with E-state index in [1.165, 1.54) is 21.5 Å². The van der Waals surface area contributed by atoms with Crippen LogP contribution in [0.25, 0.3) is 17.0 Å². The lowest BCUT2D eigenvalue weighted by atomic mass is 9.99. The number of H-pyrrole nitrogens is 1. The number of aromatic nitrogens is 8. The monoisotopic (exact) mass is 479 g/mol. The second kappa shape index (κ2) is 7.82. The van der Waals surface area contributed by atoms with Crippen LogP contribution in [0, 0.1) is 6.92 Å². The molecule has 1 amide bonds. The van der Waals surface area contributed by atoms with E-state index in [4.69, 9.17) is 4.42 Å². The molecule has 178 valence electrons. The van der Waals surface area contributed by atoms with E-state index in [1.54, 1.807) is 36.5 Å². The van der Waals surface area contributed by atoms with Crippen molar-refractivity contribution in [1.82, 2.24) is 44.5 Å². The van der Waals surface area contributed by atoms with Crippen LogP contribution >= 0.6 is 0 Å². The van der Waals surface area contributed by atoms with Gasteiger partial charge in [-0.05, 0) is 25.1 Å². The zero-order valence-corrected chi connectivity index (χ0v) is 18.7. The minimum atomic E-state index is -2.67. The highest BCUT2D eigenvalue weighted by atomic mass is 19.3. The van der Waals surface area contributed by atoms with Crippen LogP contribution in [0.5, 0.6) is 0 Å². The molecular formula is C22H19F2N9O2. The van der Waals surface area contributed by atoms with Gasteiger partial charge in [-0.2, -0.15) is 10.2 Å². The fraction of sp³-hybridized carbons (Fsp3) is 0.273. The molecule has 0 unspecified atom stereocenters. The summed E-state index contributed by atoms with van der Waals surface area (Å²) in [5.74, 6) is -0.512. The van der Waals surface area contributed by atoms with Crippen LogP contribution in [0.2, 0.25) is 0 Å². The topological polar surface area (TPSA) is 123 Å². The van der Waals surface area contributed by atoms with E-state index in [0.29, 0.717) is 29.9 Å². The van der Waals surface area contributed by atoms with Crippen LogP contribution < -0.4 is 0 Å². The van der Waals surface area contributed by atoms with Crippen molar-refractivity contribution in [3.05, 3.63) is 71.1 Å². The number of carbonyl (C=O) groups is 1. The molecule has 0 bridgehead atoms. The molecule has 5 aromatic heterocycles. The summed E-state index contributed by atoms with van der Waals surface area (Å²) in [4.78, 5) is 22.6. The molecule has 0 radical (unpaired) electrons. The number of carbonyl (C=O) groups excluding carboxylic acids is 1. The van der Waals surface area contributed by atoms with Gasteiger partial charge in [-0.25, -0.2) is 18.3 Å². The summed E-state index contributed by atoms with van der Waals surface area (Å²) in [5, 5.41) is 16.7. The second-order valence-electron chi connectivity index (χ2n) is 8.26. The summed E-state index contributed by atoms with van der Waals surface area (Å²) in [6.07, 6.45) is 2.58. The molecule has 11 nitrogen and oxygen atoms in total. The Morgan fingerprint density at radius 2 is 2.17 bits per heavy atom. The number of imidazole rings is 1. The smallest absolute Gasteiger partial charge is 0.312 e. The number of amides is 1. The number of fused-ring (bicyclic) bond motifs is 2. The van der Waals surface area contributed by atoms with Gasteiger partial charge >= 0.3 is 11.8 Å². The van der Waals surface area contributed by atoms with Crippen LogP contribution in [-0.2, 0) is 13.5 Å². The van der Waals surface area contributed by atoms with E-state index in [0.717, 1.165) is 11.4 Å². The van der Waals surface area contributed by atoms with Gasteiger partial charge in [0.05, 0.1) is 35.0 Å². The molecule has 13 heteroatoms. The summed E-state index contributed by atoms with van der Waals surface area (Å²) in [5.41, 5.74) is 3.40. The number of pyridine rings is 1. The van der Waals surface area contributed by atoms with Crippen LogP contribution in [0.1, 0.15) is 51.5 Å². The van der Waals surface area contributed by atoms with E-state index >= 15 is 0 Å². The van der Waals surface area contributed by atoms with Crippen molar-refractivity contribution in [2.24, 2.45) is 7.05 Å². The zero-order valence-electron chi connectivity index (χ0n) is 18.7. The number of aromatic amines is 1. The van der Waals surface area contributed by atoms with Crippen LogP contribution in [0.3, 0.4) is 0 Å². The lowest BCUT2D eigenvalue weighted by Gasteiger charge is -2.32. The van der Waals surface area contributed by atoms with Gasteiger partial charge in [0.15, 0.2) is 0 Å². The highest BCUT2D eigenvalue weighted by Gasteiger charge is 2.38. The molecule has 1 aliphatic heterocycles. The van der Waals surface area contributed by atoms with Crippen molar-refractivity contribution in [2.75, 3.05) is 6.54 Å². The number of alkyl halides is 2. The summed E-state index contributed by atoms with van der Waals surface area (Å²) in [6, 6.07) is 3.71. The second-order valence-corrected chi connectivity index (χ2v) is 8.26. The minimum Gasteiger partial charge on any atom is -0.412 e. The molecular weight excluding hydrogens is 460 g/mol.